The zero-order chi connectivity index (χ0) is 13.9. The Morgan fingerprint density at radius 3 is 2.50 bits per heavy atom. The summed E-state index contributed by atoms with van der Waals surface area (Å²) in [6.07, 6.45) is 1.31. The second-order valence-corrected chi connectivity index (χ2v) is 5.15. The molecule has 18 heavy (non-hydrogen) atoms. The van der Waals surface area contributed by atoms with E-state index >= 15 is 0 Å². The number of carbonyl (C=O) groups excluding carboxylic acids is 1. The lowest BCUT2D eigenvalue weighted by atomic mass is 10.1. The molecule has 0 aromatic carbocycles. The van der Waals surface area contributed by atoms with Crippen LogP contribution in [0.1, 0.15) is 36.8 Å². The van der Waals surface area contributed by atoms with Crippen LogP contribution in [-0.2, 0) is 16.0 Å². The van der Waals surface area contributed by atoms with Crippen molar-refractivity contribution in [2.24, 2.45) is 0 Å². The Morgan fingerprint density at radius 2 is 2.06 bits per heavy atom. The molecule has 1 rings (SSSR count). The maximum Gasteiger partial charge on any atom is 0.356 e. The summed E-state index contributed by atoms with van der Waals surface area (Å²) in [4.78, 5) is 25.9. The SMILES string of the molecule is CC(C)(C)OC(=O)Cc1cnc(C(=O)O)c(Cl)c1. The third-order valence-corrected chi connectivity index (χ3v) is 2.16. The van der Waals surface area contributed by atoms with Gasteiger partial charge in [0.05, 0.1) is 11.4 Å². The molecular formula is C12H14ClNO4. The van der Waals surface area contributed by atoms with Gasteiger partial charge in [-0.1, -0.05) is 11.6 Å². The number of hydrogen-bond acceptors (Lipinski definition) is 4. The van der Waals surface area contributed by atoms with Gasteiger partial charge in [-0.15, -0.1) is 0 Å². The summed E-state index contributed by atoms with van der Waals surface area (Å²) in [5.41, 5.74) is -0.279. The van der Waals surface area contributed by atoms with Crippen molar-refractivity contribution >= 4 is 23.5 Å². The number of carboxylic acid groups (broad SMARTS) is 1. The first-order valence-electron chi connectivity index (χ1n) is 5.28. The summed E-state index contributed by atoms with van der Waals surface area (Å²) in [7, 11) is 0. The average Bonchev–Trinajstić information content (AvgIpc) is 2.13. The highest BCUT2D eigenvalue weighted by atomic mass is 35.5. The highest BCUT2D eigenvalue weighted by Crippen LogP contribution is 2.16. The first-order valence-corrected chi connectivity index (χ1v) is 5.66. The quantitative estimate of drug-likeness (QED) is 0.854. The molecule has 0 aliphatic carbocycles. The molecular weight excluding hydrogens is 258 g/mol. The van der Waals surface area contributed by atoms with Gasteiger partial charge in [-0.3, -0.25) is 4.79 Å². The minimum absolute atomic E-state index is 0.00330. The molecule has 1 N–H and O–H groups in total. The highest BCUT2D eigenvalue weighted by molar-refractivity contribution is 6.33. The van der Waals surface area contributed by atoms with Crippen LogP contribution in [0.15, 0.2) is 12.3 Å². The Balaban J connectivity index is 2.78. The zero-order valence-corrected chi connectivity index (χ0v) is 11.1. The molecule has 1 aromatic heterocycles. The van der Waals surface area contributed by atoms with Crippen molar-refractivity contribution in [2.75, 3.05) is 0 Å². The van der Waals surface area contributed by atoms with Crippen molar-refractivity contribution < 1.29 is 19.4 Å². The fourth-order valence-corrected chi connectivity index (χ4v) is 1.55. The average molecular weight is 272 g/mol. The van der Waals surface area contributed by atoms with Crippen molar-refractivity contribution in [3.63, 3.8) is 0 Å². The van der Waals surface area contributed by atoms with Gasteiger partial charge in [0.25, 0.3) is 0 Å². The summed E-state index contributed by atoms with van der Waals surface area (Å²) in [6, 6.07) is 1.40. The van der Waals surface area contributed by atoms with Crippen LogP contribution in [0.4, 0.5) is 0 Å². The molecule has 1 aromatic rings. The van der Waals surface area contributed by atoms with Crippen molar-refractivity contribution in [3.05, 3.63) is 28.5 Å². The van der Waals surface area contributed by atoms with Crippen LogP contribution in [-0.4, -0.2) is 27.6 Å². The van der Waals surface area contributed by atoms with E-state index < -0.39 is 17.5 Å². The number of nitrogens with zero attached hydrogens (tertiary/aromatic N) is 1. The third-order valence-electron chi connectivity index (χ3n) is 1.87. The molecule has 0 saturated heterocycles. The Morgan fingerprint density at radius 1 is 1.44 bits per heavy atom. The Bertz CT molecular complexity index is 479. The topological polar surface area (TPSA) is 76.5 Å². The number of carbonyl (C=O) groups is 2. The fourth-order valence-electron chi connectivity index (χ4n) is 1.28. The normalized spacial score (nSPS) is 11.1. The van der Waals surface area contributed by atoms with E-state index in [9.17, 15) is 9.59 Å². The number of aromatic nitrogens is 1. The highest BCUT2D eigenvalue weighted by Gasteiger charge is 2.18. The summed E-state index contributed by atoms with van der Waals surface area (Å²) in [5.74, 6) is -1.62. The van der Waals surface area contributed by atoms with Crippen LogP contribution in [0.3, 0.4) is 0 Å². The van der Waals surface area contributed by atoms with Gasteiger partial charge in [-0.25, -0.2) is 9.78 Å². The lowest BCUT2D eigenvalue weighted by Gasteiger charge is -2.19. The number of pyridine rings is 1. The minimum atomic E-state index is -1.20. The molecule has 0 atom stereocenters. The van der Waals surface area contributed by atoms with Crippen LogP contribution >= 0.6 is 11.6 Å². The van der Waals surface area contributed by atoms with Gasteiger partial charge in [0.1, 0.15) is 5.60 Å². The molecule has 0 fully saturated rings. The van der Waals surface area contributed by atoms with Gasteiger partial charge in [-0.05, 0) is 32.4 Å². The monoisotopic (exact) mass is 271 g/mol. The summed E-state index contributed by atoms with van der Waals surface area (Å²) in [6.45, 7) is 5.30. The number of ether oxygens (including phenoxy) is 1. The smallest absolute Gasteiger partial charge is 0.356 e. The van der Waals surface area contributed by atoms with Crippen LogP contribution in [0, 0.1) is 0 Å². The van der Waals surface area contributed by atoms with Gasteiger partial charge in [0.15, 0.2) is 5.69 Å². The third kappa shape index (κ3) is 4.33. The number of esters is 1. The van der Waals surface area contributed by atoms with Gasteiger partial charge in [0.2, 0.25) is 0 Å². The largest absolute Gasteiger partial charge is 0.476 e. The molecule has 98 valence electrons. The lowest BCUT2D eigenvalue weighted by Crippen LogP contribution is -2.25. The second-order valence-electron chi connectivity index (χ2n) is 4.74. The fraction of sp³-hybridized carbons (Fsp3) is 0.417. The van der Waals surface area contributed by atoms with E-state index in [2.05, 4.69) is 4.98 Å². The van der Waals surface area contributed by atoms with Crippen molar-refractivity contribution in [3.8, 4) is 0 Å². The van der Waals surface area contributed by atoms with Gasteiger partial charge in [0, 0.05) is 6.20 Å². The number of hydrogen-bond donors (Lipinski definition) is 1. The maximum absolute atomic E-state index is 11.5. The van der Waals surface area contributed by atoms with Gasteiger partial charge < -0.3 is 9.84 Å². The second kappa shape index (κ2) is 5.35. The van der Waals surface area contributed by atoms with E-state index in [4.69, 9.17) is 21.4 Å². The van der Waals surface area contributed by atoms with Crippen molar-refractivity contribution in [1.82, 2.24) is 4.98 Å². The Kier molecular flexibility index (Phi) is 4.29. The first kappa shape index (κ1) is 14.4. The summed E-state index contributed by atoms with van der Waals surface area (Å²) in [5, 5.41) is 8.76. The van der Waals surface area contributed by atoms with Gasteiger partial charge >= 0.3 is 11.9 Å². The molecule has 0 aliphatic heterocycles. The Hall–Kier alpha value is -1.62. The zero-order valence-electron chi connectivity index (χ0n) is 10.4. The van der Waals surface area contributed by atoms with Crippen molar-refractivity contribution in [1.29, 1.82) is 0 Å². The predicted octanol–water partition coefficient (Wildman–Crippen LogP) is 2.32. The molecule has 0 saturated carbocycles. The standard InChI is InChI=1S/C12H14ClNO4/c1-12(2,3)18-9(15)5-7-4-8(13)10(11(16)17)14-6-7/h4,6H,5H2,1-3H3,(H,16,17). The van der Waals surface area contributed by atoms with Crippen LogP contribution in [0.2, 0.25) is 5.02 Å². The number of halogens is 1. The van der Waals surface area contributed by atoms with E-state index in [0.29, 0.717) is 5.56 Å². The first-order chi connectivity index (χ1) is 8.19. The number of aromatic carboxylic acids is 1. The van der Waals surface area contributed by atoms with Crippen molar-refractivity contribution in [2.45, 2.75) is 32.8 Å². The molecule has 0 bridgehead atoms. The van der Waals surface area contributed by atoms with E-state index in [1.54, 1.807) is 20.8 Å². The predicted molar refractivity (Wildman–Crippen MR) is 65.8 cm³/mol. The summed E-state index contributed by atoms with van der Waals surface area (Å²) >= 11 is 5.75. The molecule has 1 heterocycles. The Labute approximate surface area is 110 Å². The molecule has 0 radical (unpaired) electrons. The molecule has 0 spiro atoms. The molecule has 0 amide bonds. The lowest BCUT2D eigenvalue weighted by molar-refractivity contribution is -0.153. The van der Waals surface area contributed by atoms with Gasteiger partial charge in [-0.2, -0.15) is 0 Å². The van der Waals surface area contributed by atoms with E-state index in [0.717, 1.165) is 0 Å². The molecule has 0 unspecified atom stereocenters. The maximum atomic E-state index is 11.5. The minimum Gasteiger partial charge on any atom is -0.476 e. The number of carboxylic acids is 1. The van der Waals surface area contributed by atoms with Crippen LogP contribution in [0.25, 0.3) is 0 Å². The molecule has 0 aliphatic rings. The molecule has 6 heteroatoms. The summed E-state index contributed by atoms with van der Waals surface area (Å²) < 4.78 is 5.13. The van der Waals surface area contributed by atoms with E-state index in [1.807, 2.05) is 0 Å². The van der Waals surface area contributed by atoms with Crippen LogP contribution < -0.4 is 0 Å². The molecule has 5 nitrogen and oxygen atoms in total. The van der Waals surface area contributed by atoms with E-state index in [1.165, 1.54) is 12.3 Å². The van der Waals surface area contributed by atoms with E-state index in [-0.39, 0.29) is 17.1 Å². The number of rotatable bonds is 3. The van der Waals surface area contributed by atoms with Crippen LogP contribution in [0.5, 0.6) is 0 Å².